The zero-order valence-electron chi connectivity index (χ0n) is 7.11. The van der Waals surface area contributed by atoms with Crippen molar-refractivity contribution in [3.8, 4) is 0 Å². The Hall–Kier alpha value is -1.06. The molecular weight excluding hydrogens is 160 g/mol. The van der Waals surface area contributed by atoms with Gasteiger partial charge >= 0.3 is 11.9 Å². The molecule has 1 aliphatic heterocycles. The molecule has 0 aromatic rings. The summed E-state index contributed by atoms with van der Waals surface area (Å²) in [7, 11) is 0. The lowest BCUT2D eigenvalue weighted by molar-refractivity contribution is -0.196. The normalized spacial score (nSPS) is 28.1. The number of hydrogen-bond acceptors (Lipinski definition) is 3. The molecule has 0 aliphatic carbocycles. The number of ether oxygens (including phenoxy) is 1. The van der Waals surface area contributed by atoms with E-state index in [1.165, 1.54) is 0 Å². The Morgan fingerprint density at radius 1 is 1.67 bits per heavy atom. The molecule has 0 unspecified atom stereocenters. The van der Waals surface area contributed by atoms with Crippen LogP contribution in [0.4, 0.5) is 0 Å². The van der Waals surface area contributed by atoms with Crippen molar-refractivity contribution in [2.24, 2.45) is 11.8 Å². The van der Waals surface area contributed by atoms with Gasteiger partial charge < -0.3 is 9.84 Å². The zero-order valence-corrected chi connectivity index (χ0v) is 7.11. The van der Waals surface area contributed by atoms with Crippen molar-refractivity contribution in [1.82, 2.24) is 0 Å². The number of esters is 1. The Kier molecular flexibility index (Phi) is 2.35. The molecule has 4 nitrogen and oxygen atoms in total. The minimum atomic E-state index is -1.04. The van der Waals surface area contributed by atoms with Crippen LogP contribution in [0.5, 0.6) is 0 Å². The van der Waals surface area contributed by atoms with Crippen LogP contribution in [0, 0.1) is 11.8 Å². The van der Waals surface area contributed by atoms with Crippen molar-refractivity contribution in [2.45, 2.75) is 26.4 Å². The highest BCUT2D eigenvalue weighted by atomic mass is 16.6. The quantitative estimate of drug-likeness (QED) is 0.635. The Morgan fingerprint density at radius 2 is 2.25 bits per heavy atom. The molecule has 12 heavy (non-hydrogen) atoms. The van der Waals surface area contributed by atoms with Gasteiger partial charge in [0.2, 0.25) is 6.10 Å². The van der Waals surface area contributed by atoms with Crippen LogP contribution in [-0.2, 0) is 14.3 Å². The smallest absolute Gasteiger partial charge is 0.345 e. The largest absolute Gasteiger partial charge is 0.478 e. The summed E-state index contributed by atoms with van der Waals surface area (Å²) in [5, 5.41) is 8.56. The summed E-state index contributed by atoms with van der Waals surface area (Å²) in [5.41, 5.74) is 0. The highest BCUT2D eigenvalue weighted by Gasteiger charge is 2.47. The molecule has 0 amide bonds. The molecule has 1 rings (SSSR count). The zero-order chi connectivity index (χ0) is 9.30. The molecule has 0 spiro atoms. The van der Waals surface area contributed by atoms with E-state index in [0.29, 0.717) is 12.3 Å². The minimum absolute atomic E-state index is 0.324. The lowest BCUT2D eigenvalue weighted by Crippen LogP contribution is -2.50. The van der Waals surface area contributed by atoms with Crippen LogP contribution >= 0.6 is 0 Å². The summed E-state index contributed by atoms with van der Waals surface area (Å²) in [4.78, 5) is 21.2. The molecule has 1 saturated heterocycles. The lowest BCUT2D eigenvalue weighted by atomic mass is 9.88. The summed E-state index contributed by atoms with van der Waals surface area (Å²) in [6.45, 7) is 3.90. The van der Waals surface area contributed by atoms with E-state index in [0.717, 1.165) is 0 Å². The number of hydrogen-bond donors (Lipinski definition) is 1. The second kappa shape index (κ2) is 3.13. The standard InChI is InChI=1S/C8H12O4/c1-4(2)3-5-6(7(9)10)12-8(5)11/h4-6H,3H2,1-2H3,(H,9,10)/t5-,6+/m1/s1. The van der Waals surface area contributed by atoms with Crippen LogP contribution in [0.3, 0.4) is 0 Å². The SMILES string of the molecule is CC(C)C[C@H]1C(=O)O[C@@H]1C(=O)O. The molecule has 4 heteroatoms. The number of carbonyl (C=O) groups excluding carboxylic acids is 1. The summed E-state index contributed by atoms with van der Waals surface area (Å²) in [6, 6.07) is 0. The van der Waals surface area contributed by atoms with Gasteiger partial charge in [-0.05, 0) is 12.3 Å². The second-order valence-corrected chi connectivity index (χ2v) is 3.43. The van der Waals surface area contributed by atoms with Crippen LogP contribution in [0.1, 0.15) is 20.3 Å². The Labute approximate surface area is 70.5 Å². The van der Waals surface area contributed by atoms with Crippen LogP contribution in [-0.4, -0.2) is 23.1 Å². The van der Waals surface area contributed by atoms with Crippen LogP contribution in [0.15, 0.2) is 0 Å². The first-order valence-corrected chi connectivity index (χ1v) is 3.95. The van der Waals surface area contributed by atoms with E-state index in [4.69, 9.17) is 5.11 Å². The maximum Gasteiger partial charge on any atom is 0.345 e. The van der Waals surface area contributed by atoms with Crippen LogP contribution in [0.25, 0.3) is 0 Å². The summed E-state index contributed by atoms with van der Waals surface area (Å²) in [6.07, 6.45) is -0.310. The Bertz CT molecular complexity index is 209. The molecule has 2 atom stereocenters. The van der Waals surface area contributed by atoms with E-state index >= 15 is 0 Å². The van der Waals surface area contributed by atoms with Gasteiger partial charge in [0.25, 0.3) is 0 Å². The number of carbonyl (C=O) groups is 2. The Morgan fingerprint density at radius 3 is 2.58 bits per heavy atom. The van der Waals surface area contributed by atoms with E-state index in [1.807, 2.05) is 13.8 Å². The van der Waals surface area contributed by atoms with E-state index in [9.17, 15) is 9.59 Å². The lowest BCUT2D eigenvalue weighted by Gasteiger charge is -2.32. The molecule has 0 saturated carbocycles. The van der Waals surface area contributed by atoms with Gasteiger partial charge in [-0.15, -0.1) is 0 Å². The number of carboxylic acids is 1. The van der Waals surface area contributed by atoms with Crippen molar-refractivity contribution >= 4 is 11.9 Å². The Balaban J connectivity index is 2.50. The summed E-state index contributed by atoms with van der Waals surface area (Å²) in [5.74, 6) is -1.52. The van der Waals surface area contributed by atoms with Crippen molar-refractivity contribution in [2.75, 3.05) is 0 Å². The maximum atomic E-state index is 10.8. The van der Waals surface area contributed by atoms with Gasteiger partial charge in [0, 0.05) is 0 Å². The fraction of sp³-hybridized carbons (Fsp3) is 0.750. The monoisotopic (exact) mass is 172 g/mol. The first-order chi connectivity index (χ1) is 5.52. The molecule has 1 N–H and O–H groups in total. The van der Waals surface area contributed by atoms with Crippen LogP contribution < -0.4 is 0 Å². The highest BCUT2D eigenvalue weighted by Crippen LogP contribution is 2.28. The molecule has 68 valence electrons. The maximum absolute atomic E-state index is 10.8. The number of carboxylic acid groups (broad SMARTS) is 1. The molecule has 0 aromatic heterocycles. The predicted molar refractivity (Wildman–Crippen MR) is 40.5 cm³/mol. The van der Waals surface area contributed by atoms with Crippen molar-refractivity contribution in [3.05, 3.63) is 0 Å². The average Bonchev–Trinajstić information content (AvgIpc) is 1.95. The van der Waals surface area contributed by atoms with Gasteiger partial charge in [-0.25, -0.2) is 4.79 Å². The van der Waals surface area contributed by atoms with Gasteiger partial charge in [0.15, 0.2) is 0 Å². The van der Waals surface area contributed by atoms with E-state index < -0.39 is 18.0 Å². The molecule has 1 fully saturated rings. The number of cyclic esters (lactones) is 1. The second-order valence-electron chi connectivity index (χ2n) is 3.43. The van der Waals surface area contributed by atoms with E-state index in [1.54, 1.807) is 0 Å². The van der Waals surface area contributed by atoms with Gasteiger partial charge in [-0.2, -0.15) is 0 Å². The summed E-state index contributed by atoms with van der Waals surface area (Å²) < 4.78 is 4.48. The number of rotatable bonds is 3. The predicted octanol–water partition coefficient (Wildman–Crippen LogP) is 0.659. The first kappa shape index (κ1) is 9.03. The van der Waals surface area contributed by atoms with E-state index in [2.05, 4.69) is 4.74 Å². The third kappa shape index (κ3) is 1.57. The molecule has 0 radical (unpaired) electrons. The first-order valence-electron chi connectivity index (χ1n) is 3.95. The van der Waals surface area contributed by atoms with Crippen molar-refractivity contribution < 1.29 is 19.4 Å². The topological polar surface area (TPSA) is 63.6 Å². The van der Waals surface area contributed by atoms with Gasteiger partial charge in [-0.3, -0.25) is 4.79 Å². The fourth-order valence-electron chi connectivity index (χ4n) is 1.30. The number of aliphatic carboxylic acids is 1. The van der Waals surface area contributed by atoms with Crippen molar-refractivity contribution in [3.63, 3.8) is 0 Å². The van der Waals surface area contributed by atoms with Gasteiger partial charge in [-0.1, -0.05) is 13.8 Å². The molecule has 0 aromatic carbocycles. The minimum Gasteiger partial charge on any atom is -0.478 e. The third-order valence-electron chi connectivity index (χ3n) is 1.88. The third-order valence-corrected chi connectivity index (χ3v) is 1.88. The highest BCUT2D eigenvalue weighted by molar-refractivity contribution is 5.90. The van der Waals surface area contributed by atoms with E-state index in [-0.39, 0.29) is 5.97 Å². The fourth-order valence-corrected chi connectivity index (χ4v) is 1.30. The van der Waals surface area contributed by atoms with Crippen LogP contribution in [0.2, 0.25) is 0 Å². The summed E-state index contributed by atoms with van der Waals surface area (Å²) >= 11 is 0. The molecule has 1 heterocycles. The molecule has 1 aliphatic rings. The van der Waals surface area contributed by atoms with Crippen molar-refractivity contribution in [1.29, 1.82) is 0 Å². The van der Waals surface area contributed by atoms with Gasteiger partial charge in [0.1, 0.15) is 5.92 Å². The van der Waals surface area contributed by atoms with Gasteiger partial charge in [0.05, 0.1) is 0 Å². The average molecular weight is 172 g/mol. The molecule has 0 bridgehead atoms. The molecular formula is C8H12O4.